The second kappa shape index (κ2) is 5.16. The monoisotopic (exact) mass is 232 g/mol. The first kappa shape index (κ1) is 12.0. The van der Waals surface area contributed by atoms with Crippen LogP contribution in [0.1, 0.15) is 16.7 Å². The lowest BCUT2D eigenvalue weighted by Gasteiger charge is -2.04. The Morgan fingerprint density at radius 2 is 2.12 bits per heavy atom. The molecular formula is C11H9ClN4. The number of alkyl halides is 1. The molecule has 0 heterocycles. The molecule has 0 saturated carbocycles. The van der Waals surface area contributed by atoms with E-state index in [2.05, 4.69) is 4.99 Å². The van der Waals surface area contributed by atoms with Crippen molar-refractivity contribution in [3.63, 3.8) is 0 Å². The molecule has 0 bridgehead atoms. The fourth-order valence-corrected chi connectivity index (χ4v) is 1.31. The SMILES string of the molecule is Cc1cc(C#N)cc(C#N)c1N=C(N)CCl. The third kappa shape index (κ3) is 2.50. The van der Waals surface area contributed by atoms with Gasteiger partial charge in [0, 0.05) is 0 Å². The van der Waals surface area contributed by atoms with Crippen LogP contribution in [0.5, 0.6) is 0 Å². The van der Waals surface area contributed by atoms with Gasteiger partial charge < -0.3 is 5.73 Å². The summed E-state index contributed by atoms with van der Waals surface area (Å²) in [7, 11) is 0. The van der Waals surface area contributed by atoms with Crippen LogP contribution in [0, 0.1) is 29.6 Å². The summed E-state index contributed by atoms with van der Waals surface area (Å²) in [4.78, 5) is 4.05. The highest BCUT2D eigenvalue weighted by Crippen LogP contribution is 2.25. The van der Waals surface area contributed by atoms with Crippen molar-refractivity contribution in [1.29, 1.82) is 10.5 Å². The Morgan fingerprint density at radius 1 is 1.44 bits per heavy atom. The van der Waals surface area contributed by atoms with Crippen molar-refractivity contribution in [2.45, 2.75) is 6.92 Å². The van der Waals surface area contributed by atoms with Gasteiger partial charge >= 0.3 is 0 Å². The molecule has 0 aliphatic heterocycles. The van der Waals surface area contributed by atoms with Crippen LogP contribution in [0.25, 0.3) is 0 Å². The van der Waals surface area contributed by atoms with Crippen LogP contribution in [-0.2, 0) is 0 Å². The number of aliphatic imine (C=N–C) groups is 1. The van der Waals surface area contributed by atoms with Gasteiger partial charge in [0.2, 0.25) is 0 Å². The van der Waals surface area contributed by atoms with Crippen LogP contribution < -0.4 is 5.73 Å². The summed E-state index contributed by atoms with van der Waals surface area (Å²) in [6.45, 7) is 1.77. The molecule has 16 heavy (non-hydrogen) atoms. The zero-order valence-electron chi connectivity index (χ0n) is 8.66. The van der Waals surface area contributed by atoms with Gasteiger partial charge in [0.1, 0.15) is 11.9 Å². The van der Waals surface area contributed by atoms with E-state index in [0.29, 0.717) is 16.8 Å². The Labute approximate surface area is 98.6 Å². The molecule has 0 aliphatic rings. The number of nitriles is 2. The average molecular weight is 233 g/mol. The zero-order chi connectivity index (χ0) is 12.1. The lowest BCUT2D eigenvalue weighted by atomic mass is 10.1. The first-order valence-electron chi connectivity index (χ1n) is 4.46. The van der Waals surface area contributed by atoms with Crippen molar-refractivity contribution in [2.75, 3.05) is 5.88 Å². The van der Waals surface area contributed by atoms with Crippen LogP contribution >= 0.6 is 11.6 Å². The van der Waals surface area contributed by atoms with E-state index in [9.17, 15) is 0 Å². The normalized spacial score (nSPS) is 10.6. The molecule has 2 N–H and O–H groups in total. The third-order valence-corrected chi connectivity index (χ3v) is 2.22. The van der Waals surface area contributed by atoms with Crippen LogP contribution in [0.2, 0.25) is 0 Å². The summed E-state index contributed by atoms with van der Waals surface area (Å²) in [6, 6.07) is 7.10. The van der Waals surface area contributed by atoms with Crippen LogP contribution in [0.4, 0.5) is 5.69 Å². The maximum Gasteiger partial charge on any atom is 0.115 e. The van der Waals surface area contributed by atoms with Crippen molar-refractivity contribution >= 4 is 23.1 Å². The Hall–Kier alpha value is -2.04. The zero-order valence-corrected chi connectivity index (χ0v) is 9.41. The maximum atomic E-state index is 8.95. The molecule has 80 valence electrons. The molecule has 1 aromatic rings. The molecule has 0 fully saturated rings. The number of nitrogens with two attached hydrogens (primary N) is 1. The van der Waals surface area contributed by atoms with Gasteiger partial charge in [0.25, 0.3) is 0 Å². The molecule has 0 amide bonds. The van der Waals surface area contributed by atoms with E-state index in [1.807, 2.05) is 12.1 Å². The molecule has 0 unspecified atom stereocenters. The Bertz CT molecular complexity index is 520. The van der Waals surface area contributed by atoms with Crippen molar-refractivity contribution < 1.29 is 0 Å². The molecule has 4 nitrogen and oxygen atoms in total. The highest BCUT2D eigenvalue weighted by molar-refractivity contribution is 6.28. The number of benzene rings is 1. The summed E-state index contributed by atoms with van der Waals surface area (Å²) in [5, 5.41) is 17.7. The maximum absolute atomic E-state index is 8.95. The summed E-state index contributed by atoms with van der Waals surface area (Å²) >= 11 is 5.52. The molecule has 0 spiro atoms. The topological polar surface area (TPSA) is 86.0 Å². The van der Waals surface area contributed by atoms with Gasteiger partial charge in [-0.2, -0.15) is 10.5 Å². The standard InChI is InChI=1S/C11H9ClN4/c1-7-2-8(5-13)3-9(6-14)11(7)16-10(15)4-12/h2-3H,4H2,1H3,(H2,15,16). The number of halogens is 1. The van der Waals surface area contributed by atoms with Gasteiger partial charge in [-0.25, -0.2) is 4.99 Å². The number of amidine groups is 1. The largest absolute Gasteiger partial charge is 0.386 e. The molecule has 5 heteroatoms. The minimum Gasteiger partial charge on any atom is -0.386 e. The summed E-state index contributed by atoms with van der Waals surface area (Å²) in [6.07, 6.45) is 0. The predicted octanol–water partition coefficient (Wildman–Crippen LogP) is 1.97. The number of rotatable bonds is 2. The minimum atomic E-state index is 0.101. The second-order valence-electron chi connectivity index (χ2n) is 3.15. The van der Waals surface area contributed by atoms with E-state index in [1.165, 1.54) is 6.07 Å². The van der Waals surface area contributed by atoms with E-state index in [-0.39, 0.29) is 11.7 Å². The summed E-state index contributed by atoms with van der Waals surface area (Å²) < 4.78 is 0. The first-order chi connectivity index (χ1) is 7.62. The second-order valence-corrected chi connectivity index (χ2v) is 3.42. The van der Waals surface area contributed by atoms with E-state index in [1.54, 1.807) is 13.0 Å². The minimum absolute atomic E-state index is 0.101. The quantitative estimate of drug-likeness (QED) is 0.480. The number of aryl methyl sites for hydroxylation is 1. The lowest BCUT2D eigenvalue weighted by Crippen LogP contribution is -2.12. The molecule has 0 radical (unpaired) electrons. The van der Waals surface area contributed by atoms with Crippen LogP contribution in [-0.4, -0.2) is 11.7 Å². The molecule has 0 aromatic heterocycles. The fraction of sp³-hybridized carbons (Fsp3) is 0.182. The molecule has 0 aliphatic carbocycles. The predicted molar refractivity (Wildman–Crippen MR) is 62.6 cm³/mol. The lowest BCUT2D eigenvalue weighted by molar-refractivity contribution is 1.33. The van der Waals surface area contributed by atoms with Crippen LogP contribution in [0.15, 0.2) is 17.1 Å². The molecular weight excluding hydrogens is 224 g/mol. The van der Waals surface area contributed by atoms with Crippen LogP contribution in [0.3, 0.4) is 0 Å². The fourth-order valence-electron chi connectivity index (χ4n) is 1.25. The molecule has 0 atom stereocenters. The van der Waals surface area contributed by atoms with E-state index in [4.69, 9.17) is 27.9 Å². The Morgan fingerprint density at radius 3 is 2.62 bits per heavy atom. The summed E-state index contributed by atoms with van der Waals surface area (Å²) in [5.41, 5.74) is 7.46. The Kier molecular flexibility index (Phi) is 3.88. The van der Waals surface area contributed by atoms with Crippen molar-refractivity contribution in [2.24, 2.45) is 10.7 Å². The highest BCUT2D eigenvalue weighted by Gasteiger charge is 2.07. The average Bonchev–Trinajstić information content (AvgIpc) is 2.30. The number of nitrogens with zero attached hydrogens (tertiary/aromatic N) is 3. The first-order valence-corrected chi connectivity index (χ1v) is 4.99. The van der Waals surface area contributed by atoms with Gasteiger partial charge in [0.15, 0.2) is 0 Å². The number of hydrogen-bond acceptors (Lipinski definition) is 3. The van der Waals surface area contributed by atoms with E-state index in [0.717, 1.165) is 5.56 Å². The van der Waals surface area contributed by atoms with E-state index < -0.39 is 0 Å². The van der Waals surface area contributed by atoms with Gasteiger partial charge in [-0.3, -0.25) is 0 Å². The van der Waals surface area contributed by atoms with E-state index >= 15 is 0 Å². The van der Waals surface area contributed by atoms with Gasteiger partial charge in [-0.15, -0.1) is 11.6 Å². The van der Waals surface area contributed by atoms with Gasteiger partial charge in [0.05, 0.1) is 28.8 Å². The van der Waals surface area contributed by atoms with Crippen molar-refractivity contribution in [3.05, 3.63) is 28.8 Å². The smallest absolute Gasteiger partial charge is 0.115 e. The highest BCUT2D eigenvalue weighted by atomic mass is 35.5. The van der Waals surface area contributed by atoms with Crippen molar-refractivity contribution in [3.8, 4) is 12.1 Å². The molecule has 0 saturated heterocycles. The summed E-state index contributed by atoms with van der Waals surface area (Å²) in [5.74, 6) is 0.343. The van der Waals surface area contributed by atoms with Crippen molar-refractivity contribution in [1.82, 2.24) is 0 Å². The molecule has 1 rings (SSSR count). The van der Waals surface area contributed by atoms with Gasteiger partial charge in [-0.1, -0.05) is 0 Å². The number of hydrogen-bond donors (Lipinski definition) is 1. The molecule has 1 aromatic carbocycles. The third-order valence-electron chi connectivity index (χ3n) is 1.94. The van der Waals surface area contributed by atoms with Gasteiger partial charge in [-0.05, 0) is 24.6 Å². The Balaban J connectivity index is 3.41.